The van der Waals surface area contributed by atoms with Gasteiger partial charge in [-0.1, -0.05) is 0 Å². The summed E-state index contributed by atoms with van der Waals surface area (Å²) < 4.78 is 5.50. The van der Waals surface area contributed by atoms with Crippen LogP contribution < -0.4 is 11.1 Å². The molecule has 4 heterocycles. The maximum atomic E-state index is 13.2. The van der Waals surface area contributed by atoms with Crippen molar-refractivity contribution in [1.82, 2.24) is 19.9 Å². The average Bonchev–Trinajstić information content (AvgIpc) is 3.48. The lowest BCUT2D eigenvalue weighted by Crippen LogP contribution is -2.31. The molecule has 0 bridgehead atoms. The quantitative estimate of drug-likeness (QED) is 0.349. The molecule has 0 saturated carbocycles. The van der Waals surface area contributed by atoms with Crippen molar-refractivity contribution in [1.29, 1.82) is 0 Å². The molecule has 0 aliphatic carbocycles. The zero-order chi connectivity index (χ0) is 26.2. The summed E-state index contributed by atoms with van der Waals surface area (Å²) in [6, 6.07) is 10.5. The summed E-state index contributed by atoms with van der Waals surface area (Å²) in [5.74, 6) is -0.00993. The van der Waals surface area contributed by atoms with Gasteiger partial charge >= 0.3 is 0 Å². The largest absolute Gasteiger partial charge is 0.444 e. The summed E-state index contributed by atoms with van der Waals surface area (Å²) in [6.07, 6.45) is 6.56. The van der Waals surface area contributed by atoms with Crippen LogP contribution in [0.15, 0.2) is 65.7 Å². The van der Waals surface area contributed by atoms with Crippen LogP contribution >= 0.6 is 0 Å². The number of nitrogens with one attached hydrogen (secondary N) is 1. The number of aliphatic hydroxyl groups is 1. The molecule has 1 aliphatic heterocycles. The van der Waals surface area contributed by atoms with Crippen LogP contribution in [0.4, 0.5) is 11.5 Å². The summed E-state index contributed by atoms with van der Waals surface area (Å²) in [4.78, 5) is 40.3. The van der Waals surface area contributed by atoms with Gasteiger partial charge in [0.25, 0.3) is 11.8 Å². The number of hydrogen-bond acceptors (Lipinski definition) is 8. The van der Waals surface area contributed by atoms with E-state index in [0.29, 0.717) is 47.7 Å². The monoisotopic (exact) mass is 498 g/mol. The van der Waals surface area contributed by atoms with Gasteiger partial charge in [-0.05, 0) is 67.8 Å². The van der Waals surface area contributed by atoms with Crippen molar-refractivity contribution in [2.24, 2.45) is 0 Å². The molecule has 0 saturated heterocycles. The second-order valence-electron chi connectivity index (χ2n) is 9.54. The maximum absolute atomic E-state index is 13.2. The Morgan fingerprint density at radius 3 is 2.62 bits per heavy atom. The predicted molar refractivity (Wildman–Crippen MR) is 137 cm³/mol. The summed E-state index contributed by atoms with van der Waals surface area (Å²) in [5.41, 5.74) is 8.92. The number of carbonyl (C=O) groups is 2. The second kappa shape index (κ2) is 9.47. The van der Waals surface area contributed by atoms with E-state index >= 15 is 0 Å². The van der Waals surface area contributed by atoms with Crippen molar-refractivity contribution >= 4 is 23.3 Å². The molecule has 10 nitrogen and oxygen atoms in total. The number of nitrogens with zero attached hydrogens (tertiary/aromatic N) is 4. The Hall–Kier alpha value is -4.57. The maximum Gasteiger partial charge on any atom is 0.277 e. The predicted octanol–water partition coefficient (Wildman–Crippen LogP) is 3.75. The number of nitrogen functional groups attached to an aromatic ring is 1. The smallest absolute Gasteiger partial charge is 0.277 e. The highest BCUT2D eigenvalue weighted by Gasteiger charge is 2.30. The van der Waals surface area contributed by atoms with Crippen LogP contribution in [0.1, 0.15) is 46.7 Å². The summed E-state index contributed by atoms with van der Waals surface area (Å²) in [7, 11) is 0. The fourth-order valence-electron chi connectivity index (χ4n) is 4.16. The molecule has 1 aromatic carbocycles. The van der Waals surface area contributed by atoms with Crippen LogP contribution in [0.5, 0.6) is 0 Å². The molecule has 2 amide bonds. The van der Waals surface area contributed by atoms with Gasteiger partial charge in [0.1, 0.15) is 12.1 Å². The second-order valence-corrected chi connectivity index (χ2v) is 9.54. The molecular weight excluding hydrogens is 472 g/mol. The lowest BCUT2D eigenvalue weighted by Gasteiger charge is -2.22. The van der Waals surface area contributed by atoms with Crippen LogP contribution in [0.2, 0.25) is 0 Å². The van der Waals surface area contributed by atoms with Gasteiger partial charge < -0.3 is 25.5 Å². The van der Waals surface area contributed by atoms with E-state index in [0.717, 1.165) is 11.1 Å². The fraction of sp³-hybridized carbons (Fsp3) is 0.222. The Morgan fingerprint density at radius 1 is 1.14 bits per heavy atom. The molecule has 0 spiro atoms. The SMILES string of the molecule is CC(C)(O)CCN1Cc2cc(NC(=O)c3coc(-c4ccnc(N)c4)n3)c(-c3ccncc3)cc2C1=O. The van der Waals surface area contributed by atoms with Crippen molar-refractivity contribution in [2.75, 3.05) is 17.6 Å². The summed E-state index contributed by atoms with van der Waals surface area (Å²) in [6.45, 7) is 4.25. The van der Waals surface area contributed by atoms with E-state index in [9.17, 15) is 14.7 Å². The number of carbonyl (C=O) groups excluding carboxylic acids is 2. The molecule has 1 aliphatic rings. The minimum Gasteiger partial charge on any atom is -0.444 e. The number of amides is 2. The highest BCUT2D eigenvalue weighted by molar-refractivity contribution is 6.07. The summed E-state index contributed by atoms with van der Waals surface area (Å²) in [5, 5.41) is 13.0. The Kier molecular flexibility index (Phi) is 6.18. The third-order valence-electron chi connectivity index (χ3n) is 6.12. The molecule has 0 atom stereocenters. The Labute approximate surface area is 213 Å². The lowest BCUT2D eigenvalue weighted by atomic mass is 9.98. The minimum absolute atomic E-state index is 0.0921. The van der Waals surface area contributed by atoms with Gasteiger partial charge in [0, 0.05) is 54.1 Å². The van der Waals surface area contributed by atoms with E-state index in [-0.39, 0.29) is 17.5 Å². The van der Waals surface area contributed by atoms with Gasteiger partial charge in [-0.2, -0.15) is 0 Å². The topological polar surface area (TPSA) is 147 Å². The highest BCUT2D eigenvalue weighted by atomic mass is 16.3. The van der Waals surface area contributed by atoms with Gasteiger partial charge in [0.2, 0.25) is 5.89 Å². The van der Waals surface area contributed by atoms with Crippen LogP contribution in [0.25, 0.3) is 22.6 Å². The zero-order valence-corrected chi connectivity index (χ0v) is 20.4. The number of oxazole rings is 1. The third-order valence-corrected chi connectivity index (χ3v) is 6.12. The van der Waals surface area contributed by atoms with Crippen molar-refractivity contribution < 1.29 is 19.1 Å². The van der Waals surface area contributed by atoms with Gasteiger partial charge in [0.05, 0.1) is 5.60 Å². The van der Waals surface area contributed by atoms with Gasteiger partial charge in [-0.3, -0.25) is 14.6 Å². The first-order chi connectivity index (χ1) is 17.7. The molecule has 37 heavy (non-hydrogen) atoms. The molecular formula is C27H26N6O4. The number of aromatic nitrogens is 3. The number of benzene rings is 1. The molecule has 5 rings (SSSR count). The number of nitrogens with two attached hydrogens (primary N) is 1. The van der Waals surface area contributed by atoms with Crippen molar-refractivity contribution in [2.45, 2.75) is 32.4 Å². The van der Waals surface area contributed by atoms with E-state index in [1.807, 2.05) is 18.2 Å². The zero-order valence-electron chi connectivity index (χ0n) is 20.4. The van der Waals surface area contributed by atoms with Crippen molar-refractivity contribution in [3.63, 3.8) is 0 Å². The first-order valence-electron chi connectivity index (χ1n) is 11.8. The minimum atomic E-state index is -0.880. The number of anilines is 2. The first kappa shape index (κ1) is 24.1. The molecule has 0 unspecified atom stereocenters. The van der Waals surface area contributed by atoms with Crippen molar-refractivity contribution in [3.05, 3.63) is 78.1 Å². The van der Waals surface area contributed by atoms with Crippen LogP contribution in [0, 0.1) is 0 Å². The van der Waals surface area contributed by atoms with Crippen molar-refractivity contribution in [3.8, 4) is 22.6 Å². The first-order valence-corrected chi connectivity index (χ1v) is 11.8. The van der Waals surface area contributed by atoms with E-state index in [1.165, 1.54) is 12.5 Å². The molecule has 188 valence electrons. The molecule has 0 fully saturated rings. The molecule has 4 aromatic rings. The Bertz CT molecular complexity index is 1480. The third kappa shape index (κ3) is 5.19. The standard InChI is InChI=1S/C27H26N6O4/c1-27(2,36)6-10-33-14-18-11-21(19(13-20(18)26(33)35)16-3-7-29-8-4-16)31-24(34)22-15-37-25(32-22)17-5-9-30-23(28)12-17/h3-5,7-9,11-13,15,36H,6,10,14H2,1-2H3,(H2,28,30)(H,31,34). The molecule has 4 N–H and O–H groups in total. The highest BCUT2D eigenvalue weighted by Crippen LogP contribution is 2.35. The van der Waals surface area contributed by atoms with Gasteiger partial charge in [-0.15, -0.1) is 0 Å². The molecule has 0 radical (unpaired) electrons. The van der Waals surface area contributed by atoms with Gasteiger partial charge in [0.15, 0.2) is 5.69 Å². The number of rotatable bonds is 7. The average molecular weight is 499 g/mol. The van der Waals surface area contributed by atoms with Crippen LogP contribution in [0.3, 0.4) is 0 Å². The number of pyridine rings is 2. The van der Waals surface area contributed by atoms with E-state index in [1.54, 1.807) is 49.3 Å². The Morgan fingerprint density at radius 2 is 1.89 bits per heavy atom. The fourth-order valence-corrected chi connectivity index (χ4v) is 4.16. The normalized spacial score (nSPS) is 13.1. The summed E-state index contributed by atoms with van der Waals surface area (Å²) >= 11 is 0. The molecule has 10 heteroatoms. The lowest BCUT2D eigenvalue weighted by molar-refractivity contribution is 0.0517. The van der Waals surface area contributed by atoms with E-state index < -0.39 is 11.5 Å². The van der Waals surface area contributed by atoms with Crippen LogP contribution in [-0.2, 0) is 6.54 Å². The van der Waals surface area contributed by atoms with Gasteiger partial charge in [-0.25, -0.2) is 9.97 Å². The van der Waals surface area contributed by atoms with E-state index in [4.69, 9.17) is 10.2 Å². The molecule has 3 aromatic heterocycles. The van der Waals surface area contributed by atoms with E-state index in [2.05, 4.69) is 20.3 Å². The Balaban J connectivity index is 1.45. The van der Waals surface area contributed by atoms with Crippen LogP contribution in [-0.4, -0.2) is 48.9 Å². The number of fused-ring (bicyclic) bond motifs is 1. The number of hydrogen-bond donors (Lipinski definition) is 3.